The predicted octanol–water partition coefficient (Wildman–Crippen LogP) is 2.03. The summed E-state index contributed by atoms with van der Waals surface area (Å²) in [4.78, 5) is 16.3. The van der Waals surface area contributed by atoms with E-state index in [0.717, 1.165) is 12.8 Å². The second-order valence-electron chi connectivity index (χ2n) is 9.67. The van der Waals surface area contributed by atoms with Crippen LogP contribution >= 0.6 is 0 Å². The van der Waals surface area contributed by atoms with E-state index >= 15 is 0 Å². The minimum Gasteiger partial charge on any atom is -0.530 e. The highest BCUT2D eigenvalue weighted by Gasteiger charge is 2.45. The molecule has 1 amide bonds. The molecular formula is C22H27F3N3O3-. The molecule has 4 saturated heterocycles. The van der Waals surface area contributed by atoms with E-state index in [9.17, 15) is 23.1 Å². The van der Waals surface area contributed by atoms with Gasteiger partial charge in [-0.15, -0.1) is 0 Å². The normalized spacial score (nSPS) is 31.2. The van der Waals surface area contributed by atoms with E-state index in [0.29, 0.717) is 58.0 Å². The lowest BCUT2D eigenvalue weighted by Crippen LogP contribution is -2.41. The highest BCUT2D eigenvalue weighted by molar-refractivity contribution is 5.63. The molecule has 4 aliphatic heterocycles. The number of carbonyl (C=O) groups excluding carboxylic acids is 1. The van der Waals surface area contributed by atoms with Crippen LogP contribution in [0.3, 0.4) is 0 Å². The number of rotatable bonds is 3. The summed E-state index contributed by atoms with van der Waals surface area (Å²) >= 11 is 0. The van der Waals surface area contributed by atoms with Crippen molar-refractivity contribution >= 4 is 11.8 Å². The second kappa shape index (κ2) is 7.55. The molecule has 0 aliphatic carbocycles. The second-order valence-corrected chi connectivity index (χ2v) is 9.67. The zero-order valence-electron chi connectivity index (χ0n) is 17.4. The number of ether oxygens (including phenoxy) is 1. The highest BCUT2D eigenvalue weighted by Crippen LogP contribution is 2.45. The maximum Gasteiger partial charge on any atom is 0.418 e. The molecule has 1 spiro atoms. The molecule has 1 aromatic carbocycles. The lowest BCUT2D eigenvalue weighted by atomic mass is 9.87. The molecule has 1 aromatic rings. The van der Waals surface area contributed by atoms with Gasteiger partial charge in [-0.05, 0) is 36.3 Å². The van der Waals surface area contributed by atoms with E-state index in [1.54, 1.807) is 18.2 Å². The molecule has 4 heterocycles. The molecule has 5 rings (SSSR count). The van der Waals surface area contributed by atoms with Crippen molar-refractivity contribution in [2.45, 2.75) is 25.6 Å². The zero-order chi connectivity index (χ0) is 21.8. The molecule has 4 fully saturated rings. The summed E-state index contributed by atoms with van der Waals surface area (Å²) in [6.07, 6.45) is -3.83. The summed E-state index contributed by atoms with van der Waals surface area (Å²) in [6, 6.07) is 4.90. The van der Waals surface area contributed by atoms with Gasteiger partial charge in [0.05, 0.1) is 12.2 Å². The Morgan fingerprint density at radius 2 is 1.90 bits per heavy atom. The number of amides is 1. The average molecular weight is 438 g/mol. The van der Waals surface area contributed by atoms with Gasteiger partial charge >= 0.3 is 6.18 Å². The molecule has 9 heteroatoms. The summed E-state index contributed by atoms with van der Waals surface area (Å²) in [6.45, 7) is 4.80. The third kappa shape index (κ3) is 3.86. The molecule has 0 saturated carbocycles. The number of benzene rings is 1. The van der Waals surface area contributed by atoms with Gasteiger partial charge in [-0.25, -0.2) is 0 Å². The monoisotopic (exact) mass is 438 g/mol. The number of anilines is 1. The van der Waals surface area contributed by atoms with E-state index < -0.39 is 17.8 Å². The third-order valence-electron chi connectivity index (χ3n) is 7.59. The van der Waals surface area contributed by atoms with Crippen molar-refractivity contribution in [1.82, 2.24) is 9.80 Å². The Kier molecular flexibility index (Phi) is 5.08. The molecule has 170 valence electrons. The van der Waals surface area contributed by atoms with Crippen LogP contribution in [0.1, 0.15) is 24.0 Å². The molecule has 31 heavy (non-hydrogen) atoms. The Hall–Kier alpha value is -2.00. The van der Waals surface area contributed by atoms with Crippen LogP contribution in [-0.2, 0) is 17.5 Å². The number of nitrogens with zero attached hydrogens (tertiary/aromatic N) is 3. The fourth-order valence-electron chi connectivity index (χ4n) is 6.03. The van der Waals surface area contributed by atoms with Gasteiger partial charge in [-0.2, -0.15) is 13.2 Å². The van der Waals surface area contributed by atoms with Crippen LogP contribution in [-0.4, -0.2) is 68.4 Å². The number of carboxylic acid groups (broad SMARTS) is 1. The largest absolute Gasteiger partial charge is 0.530 e. The summed E-state index contributed by atoms with van der Waals surface area (Å²) in [5.41, 5.74) is 0.0249. The van der Waals surface area contributed by atoms with Gasteiger partial charge in [0.2, 0.25) is 0 Å². The van der Waals surface area contributed by atoms with E-state index in [1.807, 2.05) is 9.80 Å². The summed E-state index contributed by atoms with van der Waals surface area (Å²) in [7, 11) is 0. The first-order chi connectivity index (χ1) is 14.7. The standard InChI is InChI=1S/C22H28F3N3O3/c23-22(24,25)19-15(8-26-9-16-11-28(20(29)30)12-17(16)10-26)2-1-3-18(19)27-6-4-21(13-27)5-7-31-14-21/h1-3,16-17H,4-14H2,(H,29,30)/p-1. The van der Waals surface area contributed by atoms with Crippen molar-refractivity contribution in [3.05, 3.63) is 29.3 Å². The van der Waals surface area contributed by atoms with Gasteiger partial charge in [0, 0.05) is 63.5 Å². The van der Waals surface area contributed by atoms with Crippen molar-refractivity contribution in [3.8, 4) is 0 Å². The van der Waals surface area contributed by atoms with Crippen LogP contribution in [0.25, 0.3) is 0 Å². The Labute approximate surface area is 179 Å². The Balaban J connectivity index is 1.35. The molecule has 3 unspecified atom stereocenters. The van der Waals surface area contributed by atoms with Crippen LogP contribution in [0.4, 0.5) is 23.7 Å². The van der Waals surface area contributed by atoms with E-state index in [4.69, 9.17) is 4.74 Å². The van der Waals surface area contributed by atoms with Crippen LogP contribution < -0.4 is 10.0 Å². The van der Waals surface area contributed by atoms with Crippen molar-refractivity contribution < 1.29 is 27.8 Å². The number of fused-ring (bicyclic) bond motifs is 1. The first kappa shape index (κ1) is 20.9. The molecular weight excluding hydrogens is 411 g/mol. The van der Waals surface area contributed by atoms with Crippen LogP contribution in [0, 0.1) is 17.3 Å². The molecule has 0 bridgehead atoms. The predicted molar refractivity (Wildman–Crippen MR) is 105 cm³/mol. The number of hydrogen-bond acceptors (Lipinski definition) is 5. The maximum atomic E-state index is 14.2. The van der Waals surface area contributed by atoms with E-state index in [-0.39, 0.29) is 29.5 Å². The summed E-state index contributed by atoms with van der Waals surface area (Å²) in [5, 5.41) is 11.1. The summed E-state index contributed by atoms with van der Waals surface area (Å²) < 4.78 is 48.2. The average Bonchev–Trinajstić information content (AvgIpc) is 3.46. The lowest BCUT2D eigenvalue weighted by Gasteiger charge is -2.29. The Morgan fingerprint density at radius 3 is 2.52 bits per heavy atom. The van der Waals surface area contributed by atoms with Gasteiger partial charge in [-0.3, -0.25) is 4.90 Å². The van der Waals surface area contributed by atoms with Crippen molar-refractivity contribution in [3.63, 3.8) is 0 Å². The van der Waals surface area contributed by atoms with Gasteiger partial charge < -0.3 is 24.4 Å². The first-order valence-electron chi connectivity index (χ1n) is 10.9. The minimum atomic E-state index is -4.44. The lowest BCUT2D eigenvalue weighted by molar-refractivity contribution is -0.264. The topological polar surface area (TPSA) is 59.1 Å². The zero-order valence-corrected chi connectivity index (χ0v) is 17.4. The Bertz CT molecular complexity index is 842. The van der Waals surface area contributed by atoms with Gasteiger partial charge in [0.15, 0.2) is 0 Å². The van der Waals surface area contributed by atoms with Crippen LogP contribution in [0.2, 0.25) is 0 Å². The number of hydrogen-bond donors (Lipinski definition) is 0. The van der Waals surface area contributed by atoms with E-state index in [2.05, 4.69) is 0 Å². The molecule has 4 aliphatic rings. The quantitative estimate of drug-likeness (QED) is 0.723. The fourth-order valence-corrected chi connectivity index (χ4v) is 6.03. The number of halogens is 3. The molecule has 3 atom stereocenters. The smallest absolute Gasteiger partial charge is 0.418 e. The van der Waals surface area contributed by atoms with Gasteiger partial charge in [0.25, 0.3) is 0 Å². The van der Waals surface area contributed by atoms with E-state index in [1.165, 1.54) is 4.90 Å². The van der Waals surface area contributed by atoms with Gasteiger partial charge in [-0.1, -0.05) is 12.1 Å². The maximum absolute atomic E-state index is 14.2. The number of likely N-dealkylation sites (tertiary alicyclic amines) is 2. The third-order valence-corrected chi connectivity index (χ3v) is 7.59. The molecule has 0 radical (unpaired) electrons. The highest BCUT2D eigenvalue weighted by atomic mass is 19.4. The molecule has 0 N–H and O–H groups in total. The first-order valence-corrected chi connectivity index (χ1v) is 10.9. The fraction of sp³-hybridized carbons (Fsp3) is 0.682. The SMILES string of the molecule is O=C([O-])N1CC2CN(Cc3cccc(N4CCC5(CCOC5)C4)c3C(F)(F)F)CC2C1. The van der Waals surface area contributed by atoms with Crippen LogP contribution in [0.5, 0.6) is 0 Å². The number of carbonyl (C=O) groups is 1. The minimum absolute atomic E-state index is 0.0177. The van der Waals surface area contributed by atoms with Crippen molar-refractivity contribution in [2.75, 3.05) is 57.4 Å². The molecule has 6 nitrogen and oxygen atoms in total. The Morgan fingerprint density at radius 1 is 1.16 bits per heavy atom. The molecule has 0 aromatic heterocycles. The van der Waals surface area contributed by atoms with Crippen molar-refractivity contribution in [1.29, 1.82) is 0 Å². The number of alkyl halides is 3. The van der Waals surface area contributed by atoms with Crippen LogP contribution in [0.15, 0.2) is 18.2 Å². The summed E-state index contributed by atoms with van der Waals surface area (Å²) in [5.74, 6) is 0.326. The van der Waals surface area contributed by atoms with Gasteiger partial charge in [0.1, 0.15) is 6.09 Å². The van der Waals surface area contributed by atoms with Crippen molar-refractivity contribution in [2.24, 2.45) is 17.3 Å².